The highest BCUT2D eigenvalue weighted by molar-refractivity contribution is 5.92. The maximum absolute atomic E-state index is 11.6. The van der Waals surface area contributed by atoms with Crippen molar-refractivity contribution in [1.29, 1.82) is 0 Å². The normalized spacial score (nSPS) is 18.9. The molecule has 1 aliphatic heterocycles. The van der Waals surface area contributed by atoms with Gasteiger partial charge in [-0.1, -0.05) is 6.07 Å². The molecular weight excluding hydrogens is 240 g/mol. The van der Waals surface area contributed by atoms with Crippen LogP contribution in [-0.4, -0.2) is 32.7 Å². The number of ether oxygens (including phenoxy) is 1. The first-order valence-corrected chi connectivity index (χ1v) is 6.85. The van der Waals surface area contributed by atoms with Gasteiger partial charge in [0, 0.05) is 12.2 Å². The Morgan fingerprint density at radius 3 is 3.05 bits per heavy atom. The summed E-state index contributed by atoms with van der Waals surface area (Å²) in [7, 11) is 1.41. The Kier molecular flexibility index (Phi) is 4.80. The number of carbonyl (C=O) groups excluding carboxylic acids is 1. The predicted octanol–water partition coefficient (Wildman–Crippen LogP) is 2.19. The van der Waals surface area contributed by atoms with Gasteiger partial charge in [0.15, 0.2) is 0 Å². The lowest BCUT2D eigenvalue weighted by Crippen LogP contribution is -2.33. The van der Waals surface area contributed by atoms with E-state index in [9.17, 15) is 4.79 Å². The molecule has 0 saturated carbocycles. The van der Waals surface area contributed by atoms with Crippen molar-refractivity contribution in [3.05, 3.63) is 29.3 Å². The van der Waals surface area contributed by atoms with E-state index >= 15 is 0 Å². The van der Waals surface area contributed by atoms with Crippen LogP contribution in [0.3, 0.4) is 0 Å². The summed E-state index contributed by atoms with van der Waals surface area (Å²) in [4.78, 5) is 11.6. The largest absolute Gasteiger partial charge is 0.465 e. The van der Waals surface area contributed by atoms with E-state index in [2.05, 4.69) is 10.6 Å². The maximum Gasteiger partial charge on any atom is 0.338 e. The van der Waals surface area contributed by atoms with Crippen LogP contribution in [0.4, 0.5) is 5.69 Å². The van der Waals surface area contributed by atoms with E-state index in [1.807, 2.05) is 19.1 Å². The van der Waals surface area contributed by atoms with E-state index in [-0.39, 0.29) is 5.97 Å². The van der Waals surface area contributed by atoms with E-state index in [1.165, 1.54) is 20.0 Å². The van der Waals surface area contributed by atoms with E-state index in [0.717, 1.165) is 30.9 Å². The number of nitrogens with one attached hydrogen (secondary N) is 2. The van der Waals surface area contributed by atoms with Crippen molar-refractivity contribution in [3.63, 3.8) is 0 Å². The van der Waals surface area contributed by atoms with E-state index in [4.69, 9.17) is 4.74 Å². The zero-order chi connectivity index (χ0) is 13.7. The molecule has 0 aliphatic carbocycles. The molecule has 1 heterocycles. The third-order valence-corrected chi connectivity index (χ3v) is 3.72. The smallest absolute Gasteiger partial charge is 0.338 e. The second kappa shape index (κ2) is 6.57. The number of benzene rings is 1. The van der Waals surface area contributed by atoms with Crippen molar-refractivity contribution in [2.24, 2.45) is 5.92 Å². The van der Waals surface area contributed by atoms with Gasteiger partial charge in [-0.3, -0.25) is 0 Å². The molecule has 4 nitrogen and oxygen atoms in total. The molecule has 19 heavy (non-hydrogen) atoms. The van der Waals surface area contributed by atoms with Gasteiger partial charge in [-0.25, -0.2) is 4.79 Å². The number of rotatable bonds is 4. The summed E-state index contributed by atoms with van der Waals surface area (Å²) in [6.45, 7) is 5.10. The molecule has 2 rings (SSSR count). The third kappa shape index (κ3) is 3.47. The molecule has 0 radical (unpaired) electrons. The van der Waals surface area contributed by atoms with Crippen LogP contribution in [0.15, 0.2) is 18.2 Å². The molecular formula is C15H22N2O2. The van der Waals surface area contributed by atoms with Crippen molar-refractivity contribution in [2.45, 2.75) is 19.8 Å². The molecule has 1 aliphatic rings. The van der Waals surface area contributed by atoms with Crippen molar-refractivity contribution >= 4 is 11.7 Å². The minimum absolute atomic E-state index is 0.277. The molecule has 2 N–H and O–H groups in total. The zero-order valence-corrected chi connectivity index (χ0v) is 11.7. The zero-order valence-electron chi connectivity index (χ0n) is 11.7. The lowest BCUT2D eigenvalue weighted by atomic mass is 9.99. The van der Waals surface area contributed by atoms with Crippen molar-refractivity contribution in [2.75, 3.05) is 32.1 Å². The lowest BCUT2D eigenvalue weighted by Gasteiger charge is -2.24. The van der Waals surface area contributed by atoms with Crippen LogP contribution < -0.4 is 10.6 Å². The van der Waals surface area contributed by atoms with Crippen molar-refractivity contribution in [1.82, 2.24) is 5.32 Å². The SMILES string of the molecule is COC(=O)c1cccc(NCC2CCCNC2)c1C. The molecule has 1 aromatic rings. The quantitative estimate of drug-likeness (QED) is 0.817. The van der Waals surface area contributed by atoms with Gasteiger partial charge in [-0.2, -0.15) is 0 Å². The molecule has 1 atom stereocenters. The first-order valence-electron chi connectivity index (χ1n) is 6.85. The minimum atomic E-state index is -0.277. The number of piperidine rings is 1. The van der Waals surface area contributed by atoms with Crippen LogP contribution in [0.5, 0.6) is 0 Å². The lowest BCUT2D eigenvalue weighted by molar-refractivity contribution is 0.0600. The van der Waals surface area contributed by atoms with Gasteiger partial charge in [0.2, 0.25) is 0 Å². The highest BCUT2D eigenvalue weighted by atomic mass is 16.5. The highest BCUT2D eigenvalue weighted by Crippen LogP contribution is 2.20. The molecule has 4 heteroatoms. The monoisotopic (exact) mass is 262 g/mol. The first-order chi connectivity index (χ1) is 9.22. The number of hydrogen-bond acceptors (Lipinski definition) is 4. The fraction of sp³-hybridized carbons (Fsp3) is 0.533. The molecule has 1 unspecified atom stereocenters. The molecule has 0 bridgehead atoms. The summed E-state index contributed by atoms with van der Waals surface area (Å²) in [5.41, 5.74) is 2.61. The van der Waals surface area contributed by atoms with E-state index in [0.29, 0.717) is 11.5 Å². The van der Waals surface area contributed by atoms with Crippen LogP contribution in [-0.2, 0) is 4.74 Å². The maximum atomic E-state index is 11.6. The third-order valence-electron chi connectivity index (χ3n) is 3.72. The van der Waals surface area contributed by atoms with Gasteiger partial charge in [-0.05, 0) is 56.5 Å². The Morgan fingerprint density at radius 2 is 2.37 bits per heavy atom. The Bertz CT molecular complexity index is 440. The van der Waals surface area contributed by atoms with E-state index in [1.54, 1.807) is 6.07 Å². The van der Waals surface area contributed by atoms with Crippen molar-refractivity contribution in [3.8, 4) is 0 Å². The highest BCUT2D eigenvalue weighted by Gasteiger charge is 2.15. The predicted molar refractivity (Wildman–Crippen MR) is 76.6 cm³/mol. The van der Waals surface area contributed by atoms with Crippen molar-refractivity contribution < 1.29 is 9.53 Å². The summed E-state index contributed by atoms with van der Waals surface area (Å²) in [6, 6.07) is 5.70. The minimum Gasteiger partial charge on any atom is -0.465 e. The average Bonchev–Trinajstić information content (AvgIpc) is 2.46. The summed E-state index contributed by atoms with van der Waals surface area (Å²) >= 11 is 0. The molecule has 0 amide bonds. The molecule has 1 saturated heterocycles. The van der Waals surface area contributed by atoms with Crippen LogP contribution >= 0.6 is 0 Å². The second-order valence-corrected chi connectivity index (χ2v) is 5.06. The summed E-state index contributed by atoms with van der Waals surface area (Å²) < 4.78 is 4.79. The average molecular weight is 262 g/mol. The van der Waals surface area contributed by atoms with Crippen LogP contribution in [0.1, 0.15) is 28.8 Å². The summed E-state index contributed by atoms with van der Waals surface area (Å²) in [5, 5.41) is 6.86. The summed E-state index contributed by atoms with van der Waals surface area (Å²) in [6.07, 6.45) is 2.50. The van der Waals surface area contributed by atoms with Gasteiger partial charge in [-0.15, -0.1) is 0 Å². The number of esters is 1. The van der Waals surface area contributed by atoms with Crippen LogP contribution in [0, 0.1) is 12.8 Å². The number of anilines is 1. The van der Waals surface area contributed by atoms with E-state index < -0.39 is 0 Å². The van der Waals surface area contributed by atoms with Gasteiger partial charge >= 0.3 is 5.97 Å². The van der Waals surface area contributed by atoms with Gasteiger partial charge in [0.25, 0.3) is 0 Å². The van der Waals surface area contributed by atoms with Crippen LogP contribution in [0.25, 0.3) is 0 Å². The Balaban J connectivity index is 2.01. The van der Waals surface area contributed by atoms with Gasteiger partial charge < -0.3 is 15.4 Å². The Hall–Kier alpha value is -1.55. The molecule has 1 aromatic carbocycles. The fourth-order valence-electron chi connectivity index (χ4n) is 2.51. The molecule has 104 valence electrons. The molecule has 0 spiro atoms. The number of methoxy groups -OCH3 is 1. The number of hydrogen-bond donors (Lipinski definition) is 2. The van der Waals surface area contributed by atoms with Gasteiger partial charge in [0.1, 0.15) is 0 Å². The molecule has 0 aromatic heterocycles. The standard InChI is InChI=1S/C15H22N2O2/c1-11-13(15(18)19-2)6-3-7-14(11)17-10-12-5-4-8-16-9-12/h3,6-7,12,16-17H,4-5,8-10H2,1-2H3. The van der Waals surface area contributed by atoms with Crippen LogP contribution in [0.2, 0.25) is 0 Å². The summed E-state index contributed by atoms with van der Waals surface area (Å²) in [5.74, 6) is 0.385. The first kappa shape index (κ1) is 13.9. The topological polar surface area (TPSA) is 50.4 Å². The number of carbonyl (C=O) groups is 1. The Labute approximate surface area is 114 Å². The molecule has 1 fully saturated rings. The Morgan fingerprint density at radius 1 is 1.53 bits per heavy atom. The fourth-order valence-corrected chi connectivity index (χ4v) is 2.51. The second-order valence-electron chi connectivity index (χ2n) is 5.06. The van der Waals surface area contributed by atoms with Gasteiger partial charge in [0.05, 0.1) is 12.7 Å².